The van der Waals surface area contributed by atoms with Gasteiger partial charge >= 0.3 is 0 Å². The van der Waals surface area contributed by atoms with Gasteiger partial charge in [0.1, 0.15) is 0 Å². The van der Waals surface area contributed by atoms with Crippen molar-refractivity contribution in [1.29, 1.82) is 0 Å². The second kappa shape index (κ2) is 13.6. The molecule has 126 valence electrons. The van der Waals surface area contributed by atoms with Crippen molar-refractivity contribution in [2.45, 2.75) is 33.1 Å². The van der Waals surface area contributed by atoms with Gasteiger partial charge in [-0.3, -0.25) is 4.99 Å². The summed E-state index contributed by atoms with van der Waals surface area (Å²) in [5.41, 5.74) is 0. The minimum atomic E-state index is 0. The number of nitrogens with one attached hydrogen (secondary N) is 2. The van der Waals surface area contributed by atoms with Crippen molar-refractivity contribution in [2.75, 3.05) is 53.0 Å². The molecule has 0 radical (unpaired) electrons. The maximum Gasteiger partial charge on any atom is 0.191 e. The molecular formula is C15H33IN4O. The van der Waals surface area contributed by atoms with Gasteiger partial charge in [-0.05, 0) is 45.2 Å². The lowest BCUT2D eigenvalue weighted by Crippen LogP contribution is -2.43. The van der Waals surface area contributed by atoms with Crippen molar-refractivity contribution in [3.8, 4) is 0 Å². The third-order valence-electron chi connectivity index (χ3n) is 3.72. The molecule has 1 saturated heterocycles. The number of aliphatic imine (C=N–C) groups is 1. The summed E-state index contributed by atoms with van der Waals surface area (Å²) >= 11 is 0. The number of nitrogens with zero attached hydrogens (tertiary/aromatic N) is 2. The Morgan fingerprint density at radius 3 is 2.62 bits per heavy atom. The first-order valence-electron chi connectivity index (χ1n) is 7.99. The Hall–Kier alpha value is -0.0800. The Balaban J connectivity index is 0.00000400. The highest BCUT2D eigenvalue weighted by Crippen LogP contribution is 2.14. The summed E-state index contributed by atoms with van der Waals surface area (Å²) in [7, 11) is 1.73. The van der Waals surface area contributed by atoms with Gasteiger partial charge < -0.3 is 20.3 Å². The molecule has 5 nitrogen and oxygen atoms in total. The average molecular weight is 412 g/mol. The van der Waals surface area contributed by atoms with E-state index in [1.165, 1.54) is 25.9 Å². The Morgan fingerprint density at radius 2 is 2.00 bits per heavy atom. The van der Waals surface area contributed by atoms with Crippen LogP contribution in [0.5, 0.6) is 0 Å². The predicted molar refractivity (Wildman–Crippen MR) is 101 cm³/mol. The normalized spacial score (nSPS) is 17.4. The van der Waals surface area contributed by atoms with Crippen molar-refractivity contribution >= 4 is 29.9 Å². The molecule has 1 heterocycles. The van der Waals surface area contributed by atoms with E-state index in [0.29, 0.717) is 0 Å². The number of rotatable bonds is 8. The van der Waals surface area contributed by atoms with E-state index in [0.717, 1.165) is 51.1 Å². The number of likely N-dealkylation sites (tertiary alicyclic amines) is 1. The zero-order valence-corrected chi connectivity index (χ0v) is 16.2. The summed E-state index contributed by atoms with van der Waals surface area (Å²) in [6, 6.07) is 0. The number of guanidine groups is 1. The third-order valence-corrected chi connectivity index (χ3v) is 3.72. The van der Waals surface area contributed by atoms with E-state index in [4.69, 9.17) is 4.74 Å². The fraction of sp³-hybridized carbons (Fsp3) is 0.933. The van der Waals surface area contributed by atoms with E-state index < -0.39 is 0 Å². The van der Waals surface area contributed by atoms with Crippen LogP contribution >= 0.6 is 24.0 Å². The molecule has 21 heavy (non-hydrogen) atoms. The molecule has 0 aliphatic carbocycles. The maximum atomic E-state index is 5.04. The summed E-state index contributed by atoms with van der Waals surface area (Å²) in [4.78, 5) is 7.08. The molecule has 0 unspecified atom stereocenters. The maximum absolute atomic E-state index is 5.04. The van der Waals surface area contributed by atoms with Crippen LogP contribution in [-0.4, -0.2) is 63.8 Å². The zero-order chi connectivity index (χ0) is 14.6. The molecule has 0 spiro atoms. The van der Waals surface area contributed by atoms with Gasteiger partial charge in [-0.15, -0.1) is 24.0 Å². The van der Waals surface area contributed by atoms with E-state index in [2.05, 4.69) is 34.4 Å². The highest BCUT2D eigenvalue weighted by Gasteiger charge is 2.14. The van der Waals surface area contributed by atoms with Crippen LogP contribution in [0.1, 0.15) is 33.1 Å². The van der Waals surface area contributed by atoms with Gasteiger partial charge in [-0.25, -0.2) is 0 Å². The molecule has 0 aromatic rings. The zero-order valence-electron chi connectivity index (χ0n) is 13.9. The van der Waals surface area contributed by atoms with Crippen LogP contribution in [0.25, 0.3) is 0 Å². The second-order valence-electron chi connectivity index (χ2n) is 5.56. The van der Waals surface area contributed by atoms with Crippen LogP contribution in [0.15, 0.2) is 4.99 Å². The van der Waals surface area contributed by atoms with Crippen LogP contribution < -0.4 is 10.6 Å². The molecular weight excluding hydrogens is 379 g/mol. The molecule has 2 N–H and O–H groups in total. The summed E-state index contributed by atoms with van der Waals surface area (Å²) < 4.78 is 5.04. The van der Waals surface area contributed by atoms with Gasteiger partial charge in [0.2, 0.25) is 0 Å². The van der Waals surface area contributed by atoms with E-state index in [1.54, 1.807) is 7.11 Å². The number of piperidine rings is 1. The number of halogens is 1. The molecule has 0 aromatic heterocycles. The molecule has 0 amide bonds. The number of hydrogen-bond acceptors (Lipinski definition) is 3. The topological polar surface area (TPSA) is 48.9 Å². The molecule has 1 fully saturated rings. The molecule has 1 aliphatic rings. The molecule has 1 rings (SSSR count). The predicted octanol–water partition coefficient (Wildman–Crippen LogP) is 1.93. The van der Waals surface area contributed by atoms with Crippen LogP contribution in [0.2, 0.25) is 0 Å². The standard InChI is InChI=1S/C15H32N4O.HI/c1-4-16-15(17-8-5-13-20-3)18-9-12-19-10-6-14(2)7-11-19;/h14H,4-13H2,1-3H3,(H2,16,17,18);1H. The van der Waals surface area contributed by atoms with Crippen LogP contribution in [0.3, 0.4) is 0 Å². The third kappa shape index (κ3) is 10.3. The van der Waals surface area contributed by atoms with E-state index in [-0.39, 0.29) is 24.0 Å². The minimum absolute atomic E-state index is 0. The van der Waals surface area contributed by atoms with Crippen LogP contribution in [-0.2, 0) is 4.74 Å². The minimum Gasteiger partial charge on any atom is -0.385 e. The van der Waals surface area contributed by atoms with Crippen molar-refractivity contribution in [3.63, 3.8) is 0 Å². The van der Waals surface area contributed by atoms with E-state index in [1.807, 2.05) is 0 Å². The Labute approximate surface area is 147 Å². The van der Waals surface area contributed by atoms with Crippen molar-refractivity contribution in [2.24, 2.45) is 10.9 Å². The number of ether oxygens (including phenoxy) is 1. The van der Waals surface area contributed by atoms with E-state index in [9.17, 15) is 0 Å². The first-order chi connectivity index (χ1) is 9.76. The van der Waals surface area contributed by atoms with Gasteiger partial charge in [0.25, 0.3) is 0 Å². The molecule has 0 bridgehead atoms. The SMILES string of the molecule is CCNC(=NCCCOC)NCCN1CCC(C)CC1.I. The second-order valence-corrected chi connectivity index (χ2v) is 5.56. The average Bonchev–Trinajstić information content (AvgIpc) is 2.45. The lowest BCUT2D eigenvalue weighted by Gasteiger charge is -2.30. The molecule has 0 aromatic carbocycles. The Bertz CT molecular complexity index is 268. The van der Waals surface area contributed by atoms with Crippen LogP contribution in [0.4, 0.5) is 0 Å². The fourth-order valence-corrected chi connectivity index (χ4v) is 2.36. The molecule has 0 atom stereocenters. The van der Waals surface area contributed by atoms with Crippen molar-refractivity contribution in [3.05, 3.63) is 0 Å². The molecule has 1 aliphatic heterocycles. The van der Waals surface area contributed by atoms with Crippen LogP contribution in [0, 0.1) is 5.92 Å². The highest BCUT2D eigenvalue weighted by atomic mass is 127. The Morgan fingerprint density at radius 1 is 1.29 bits per heavy atom. The lowest BCUT2D eigenvalue weighted by molar-refractivity contribution is 0.195. The van der Waals surface area contributed by atoms with Gasteiger partial charge in [-0.2, -0.15) is 0 Å². The summed E-state index contributed by atoms with van der Waals surface area (Å²) in [6.45, 7) is 11.5. The Kier molecular flexibility index (Phi) is 13.5. The van der Waals surface area contributed by atoms with Crippen molar-refractivity contribution < 1.29 is 4.74 Å². The highest BCUT2D eigenvalue weighted by molar-refractivity contribution is 14.0. The molecule has 0 saturated carbocycles. The summed E-state index contributed by atoms with van der Waals surface area (Å²) in [5, 5.41) is 6.70. The van der Waals surface area contributed by atoms with Crippen molar-refractivity contribution in [1.82, 2.24) is 15.5 Å². The number of methoxy groups -OCH3 is 1. The summed E-state index contributed by atoms with van der Waals surface area (Å²) in [5.74, 6) is 1.83. The summed E-state index contributed by atoms with van der Waals surface area (Å²) in [6.07, 6.45) is 3.65. The smallest absolute Gasteiger partial charge is 0.191 e. The van der Waals surface area contributed by atoms with Gasteiger partial charge in [-0.1, -0.05) is 6.92 Å². The fourth-order valence-electron chi connectivity index (χ4n) is 2.36. The first kappa shape index (κ1) is 20.9. The quantitative estimate of drug-likeness (QED) is 0.277. The largest absolute Gasteiger partial charge is 0.385 e. The van der Waals surface area contributed by atoms with Gasteiger partial charge in [0.15, 0.2) is 5.96 Å². The lowest BCUT2D eigenvalue weighted by atomic mass is 9.99. The van der Waals surface area contributed by atoms with Gasteiger partial charge in [0, 0.05) is 39.9 Å². The molecule has 6 heteroatoms. The monoisotopic (exact) mass is 412 g/mol. The first-order valence-corrected chi connectivity index (χ1v) is 7.99. The van der Waals surface area contributed by atoms with E-state index >= 15 is 0 Å². The number of hydrogen-bond donors (Lipinski definition) is 2. The van der Waals surface area contributed by atoms with Gasteiger partial charge in [0.05, 0.1) is 0 Å².